The van der Waals surface area contributed by atoms with Gasteiger partial charge in [-0.15, -0.1) is 0 Å². The summed E-state index contributed by atoms with van der Waals surface area (Å²) in [4.78, 5) is 21.2. The Labute approximate surface area is 151 Å². The molecule has 8 nitrogen and oxygen atoms in total. The van der Waals surface area contributed by atoms with Gasteiger partial charge in [-0.1, -0.05) is 13.8 Å². The molecule has 0 aromatic rings. The number of esters is 2. The van der Waals surface area contributed by atoms with Crippen LogP contribution in [0.5, 0.6) is 0 Å². The highest BCUT2D eigenvalue weighted by Gasteiger charge is 1.97. The number of carbonyl (C=O) groups is 2. The van der Waals surface area contributed by atoms with E-state index in [1.54, 1.807) is 21.0 Å². The number of hydrogen-bond donors (Lipinski definition) is 0. The molecule has 0 aromatic carbocycles. The molecule has 150 valence electrons. The SMILES string of the molecule is CCC(=O)OCCOCCOC.CCOCCOCCOC(=O)CC. The number of rotatable bonds is 15. The summed E-state index contributed by atoms with van der Waals surface area (Å²) in [5.41, 5.74) is 0. The topological polar surface area (TPSA) is 89.5 Å². The first-order valence-electron chi connectivity index (χ1n) is 8.65. The van der Waals surface area contributed by atoms with E-state index in [2.05, 4.69) is 0 Å². The Kier molecular flexibility index (Phi) is 23.7. The fraction of sp³-hybridized carbons (Fsp3) is 0.882. The van der Waals surface area contributed by atoms with Crippen LogP contribution in [0.1, 0.15) is 33.6 Å². The third-order valence-corrected chi connectivity index (χ3v) is 2.57. The quantitative estimate of drug-likeness (QED) is 0.319. The summed E-state index contributed by atoms with van der Waals surface area (Å²) in [7, 11) is 1.61. The first-order valence-corrected chi connectivity index (χ1v) is 8.65. The van der Waals surface area contributed by atoms with Crippen LogP contribution in [0.2, 0.25) is 0 Å². The smallest absolute Gasteiger partial charge is 0.305 e. The maximum atomic E-state index is 10.6. The van der Waals surface area contributed by atoms with E-state index < -0.39 is 0 Å². The molecule has 0 bridgehead atoms. The first-order chi connectivity index (χ1) is 12.1. The van der Waals surface area contributed by atoms with Crippen LogP contribution in [0.15, 0.2) is 0 Å². The van der Waals surface area contributed by atoms with Crippen molar-refractivity contribution in [2.75, 3.05) is 66.6 Å². The molecule has 0 aromatic heterocycles. The summed E-state index contributed by atoms with van der Waals surface area (Å²) in [5.74, 6) is -0.376. The number of carbonyl (C=O) groups excluding carboxylic acids is 2. The van der Waals surface area contributed by atoms with Crippen LogP contribution in [0.3, 0.4) is 0 Å². The van der Waals surface area contributed by atoms with Crippen molar-refractivity contribution < 1.29 is 38.0 Å². The van der Waals surface area contributed by atoms with E-state index >= 15 is 0 Å². The van der Waals surface area contributed by atoms with E-state index in [4.69, 9.17) is 28.4 Å². The lowest BCUT2D eigenvalue weighted by Crippen LogP contribution is -2.12. The van der Waals surface area contributed by atoms with Crippen LogP contribution in [0.25, 0.3) is 0 Å². The Bertz CT molecular complexity index is 296. The third kappa shape index (κ3) is 25.1. The van der Waals surface area contributed by atoms with Gasteiger partial charge in [0.25, 0.3) is 0 Å². The fourth-order valence-corrected chi connectivity index (χ4v) is 1.24. The van der Waals surface area contributed by atoms with Gasteiger partial charge in [0.05, 0.1) is 39.6 Å². The van der Waals surface area contributed by atoms with Gasteiger partial charge in [0.15, 0.2) is 0 Å². The molecular formula is C17H34O8. The second kappa shape index (κ2) is 22.8. The summed E-state index contributed by atoms with van der Waals surface area (Å²) in [6, 6.07) is 0. The summed E-state index contributed by atoms with van der Waals surface area (Å²) in [6.45, 7) is 9.96. The summed E-state index contributed by atoms with van der Waals surface area (Å²) in [6.07, 6.45) is 0.830. The van der Waals surface area contributed by atoms with Gasteiger partial charge in [-0.05, 0) is 6.92 Å². The second-order valence-electron chi connectivity index (χ2n) is 4.56. The van der Waals surface area contributed by atoms with Crippen molar-refractivity contribution in [3.05, 3.63) is 0 Å². The zero-order valence-corrected chi connectivity index (χ0v) is 16.0. The Morgan fingerprint density at radius 3 is 1.40 bits per heavy atom. The maximum Gasteiger partial charge on any atom is 0.305 e. The molecule has 0 N–H and O–H groups in total. The largest absolute Gasteiger partial charge is 0.463 e. The molecule has 0 rings (SSSR count). The maximum absolute atomic E-state index is 10.6. The van der Waals surface area contributed by atoms with Crippen LogP contribution >= 0.6 is 0 Å². The van der Waals surface area contributed by atoms with Crippen molar-refractivity contribution in [2.24, 2.45) is 0 Å². The molecule has 0 aliphatic rings. The lowest BCUT2D eigenvalue weighted by Gasteiger charge is -2.04. The molecule has 25 heavy (non-hydrogen) atoms. The van der Waals surface area contributed by atoms with Gasteiger partial charge in [-0.3, -0.25) is 9.59 Å². The second-order valence-corrected chi connectivity index (χ2v) is 4.56. The predicted molar refractivity (Wildman–Crippen MR) is 92.5 cm³/mol. The normalized spacial score (nSPS) is 9.92. The molecule has 0 atom stereocenters. The van der Waals surface area contributed by atoms with Gasteiger partial charge in [0.1, 0.15) is 13.2 Å². The van der Waals surface area contributed by atoms with Gasteiger partial charge in [0, 0.05) is 26.6 Å². The Morgan fingerprint density at radius 1 is 0.600 bits per heavy atom. The minimum absolute atomic E-state index is 0.187. The molecule has 0 spiro atoms. The molecule has 0 heterocycles. The van der Waals surface area contributed by atoms with Crippen LogP contribution < -0.4 is 0 Å². The summed E-state index contributed by atoms with van der Waals surface area (Å²) >= 11 is 0. The lowest BCUT2D eigenvalue weighted by atomic mass is 10.5. The van der Waals surface area contributed by atoms with E-state index in [0.29, 0.717) is 72.3 Å². The molecule has 0 aliphatic heterocycles. The van der Waals surface area contributed by atoms with Crippen molar-refractivity contribution in [1.29, 1.82) is 0 Å². The third-order valence-electron chi connectivity index (χ3n) is 2.57. The molecule has 0 saturated carbocycles. The average molecular weight is 366 g/mol. The minimum atomic E-state index is -0.189. The standard InChI is InChI=1S/C9H18O4.C8H16O4/c1-3-9(10)13-8-7-12-6-5-11-4-2;1-3-8(9)12-7-6-11-5-4-10-2/h3-8H2,1-2H3;3-7H2,1-2H3. The minimum Gasteiger partial charge on any atom is -0.463 e. The summed E-state index contributed by atoms with van der Waals surface area (Å²) < 4.78 is 29.6. The molecule has 8 heteroatoms. The van der Waals surface area contributed by atoms with Crippen molar-refractivity contribution in [3.63, 3.8) is 0 Å². The Balaban J connectivity index is 0. The number of ether oxygens (including phenoxy) is 6. The van der Waals surface area contributed by atoms with Gasteiger partial charge in [-0.25, -0.2) is 0 Å². The van der Waals surface area contributed by atoms with Crippen molar-refractivity contribution >= 4 is 11.9 Å². The van der Waals surface area contributed by atoms with E-state index in [9.17, 15) is 9.59 Å². The number of methoxy groups -OCH3 is 1. The molecule has 0 amide bonds. The highest BCUT2D eigenvalue weighted by Crippen LogP contribution is 1.86. The lowest BCUT2D eigenvalue weighted by molar-refractivity contribution is -0.145. The summed E-state index contributed by atoms with van der Waals surface area (Å²) in [5, 5.41) is 0. The van der Waals surface area contributed by atoms with E-state index in [0.717, 1.165) is 0 Å². The van der Waals surface area contributed by atoms with Crippen LogP contribution in [0.4, 0.5) is 0 Å². The van der Waals surface area contributed by atoms with Crippen LogP contribution in [-0.4, -0.2) is 78.5 Å². The molecule has 0 radical (unpaired) electrons. The molecule has 0 saturated heterocycles. The Hall–Kier alpha value is -1.22. The van der Waals surface area contributed by atoms with Gasteiger partial charge < -0.3 is 28.4 Å². The van der Waals surface area contributed by atoms with Gasteiger partial charge in [0.2, 0.25) is 0 Å². The van der Waals surface area contributed by atoms with Crippen molar-refractivity contribution in [1.82, 2.24) is 0 Å². The van der Waals surface area contributed by atoms with Crippen molar-refractivity contribution in [3.8, 4) is 0 Å². The molecule has 0 aliphatic carbocycles. The average Bonchev–Trinajstić information content (AvgIpc) is 2.63. The molecule has 0 fully saturated rings. The van der Waals surface area contributed by atoms with Crippen LogP contribution in [0, 0.1) is 0 Å². The monoisotopic (exact) mass is 366 g/mol. The first kappa shape index (κ1) is 26.0. The van der Waals surface area contributed by atoms with E-state index in [1.807, 2.05) is 6.92 Å². The van der Waals surface area contributed by atoms with Crippen LogP contribution in [-0.2, 0) is 38.0 Å². The van der Waals surface area contributed by atoms with E-state index in [-0.39, 0.29) is 11.9 Å². The molecule has 0 unspecified atom stereocenters. The number of hydrogen-bond acceptors (Lipinski definition) is 8. The molecular weight excluding hydrogens is 332 g/mol. The van der Waals surface area contributed by atoms with E-state index in [1.165, 1.54) is 0 Å². The van der Waals surface area contributed by atoms with Gasteiger partial charge >= 0.3 is 11.9 Å². The highest BCUT2D eigenvalue weighted by atomic mass is 16.6. The Morgan fingerprint density at radius 2 is 1.00 bits per heavy atom. The van der Waals surface area contributed by atoms with Gasteiger partial charge in [-0.2, -0.15) is 0 Å². The fourth-order valence-electron chi connectivity index (χ4n) is 1.24. The zero-order valence-electron chi connectivity index (χ0n) is 16.0. The van der Waals surface area contributed by atoms with Crippen molar-refractivity contribution in [2.45, 2.75) is 33.6 Å². The highest BCUT2D eigenvalue weighted by molar-refractivity contribution is 5.69. The predicted octanol–water partition coefficient (Wildman–Crippen LogP) is 1.60. The zero-order chi connectivity index (χ0) is 19.2.